The van der Waals surface area contributed by atoms with E-state index in [1.165, 1.54) is 0 Å². The van der Waals surface area contributed by atoms with Gasteiger partial charge in [0.1, 0.15) is 0 Å². The minimum atomic E-state index is -0.726. The van der Waals surface area contributed by atoms with Gasteiger partial charge in [-0.2, -0.15) is 0 Å². The summed E-state index contributed by atoms with van der Waals surface area (Å²) in [4.78, 5) is 13.5. The van der Waals surface area contributed by atoms with Crippen LogP contribution in [0, 0.1) is 5.92 Å². The Hall–Kier alpha value is -0.650. The SMILES string of the molecule is CC(C)CCC(C)NC(=O)CN1CC(O)C(O)C1. The lowest BCUT2D eigenvalue weighted by Gasteiger charge is -2.18. The van der Waals surface area contributed by atoms with E-state index in [-0.39, 0.29) is 18.5 Å². The van der Waals surface area contributed by atoms with Gasteiger partial charge in [-0.1, -0.05) is 13.8 Å². The third-order valence-electron chi connectivity index (χ3n) is 3.29. The Morgan fingerprint density at radius 2 is 1.78 bits per heavy atom. The zero-order valence-electron chi connectivity index (χ0n) is 11.6. The maximum atomic E-state index is 11.8. The van der Waals surface area contributed by atoms with E-state index in [4.69, 9.17) is 0 Å². The van der Waals surface area contributed by atoms with Gasteiger partial charge >= 0.3 is 0 Å². The van der Waals surface area contributed by atoms with Crippen molar-refractivity contribution in [3.05, 3.63) is 0 Å². The van der Waals surface area contributed by atoms with E-state index in [0.717, 1.165) is 12.8 Å². The molecule has 0 spiro atoms. The minimum absolute atomic E-state index is 0.0347. The van der Waals surface area contributed by atoms with Crippen molar-refractivity contribution in [3.63, 3.8) is 0 Å². The Bertz CT molecular complexity index is 261. The van der Waals surface area contributed by atoms with Crippen LogP contribution in [0.1, 0.15) is 33.6 Å². The molecule has 0 aliphatic carbocycles. The van der Waals surface area contributed by atoms with E-state index in [9.17, 15) is 15.0 Å². The molecule has 3 N–H and O–H groups in total. The summed E-state index contributed by atoms with van der Waals surface area (Å²) in [5.41, 5.74) is 0. The van der Waals surface area contributed by atoms with Gasteiger partial charge in [0.2, 0.25) is 5.91 Å². The molecule has 106 valence electrons. The molecule has 0 aromatic heterocycles. The Morgan fingerprint density at radius 3 is 2.28 bits per heavy atom. The van der Waals surface area contributed by atoms with Crippen LogP contribution in [0.3, 0.4) is 0 Å². The second kappa shape index (κ2) is 7.07. The molecule has 5 nitrogen and oxygen atoms in total. The number of rotatable bonds is 6. The molecular formula is C13H26N2O3. The van der Waals surface area contributed by atoms with Crippen molar-refractivity contribution in [1.82, 2.24) is 10.2 Å². The number of aliphatic hydroxyl groups is 2. The number of carbonyl (C=O) groups excluding carboxylic acids is 1. The number of hydrogen-bond acceptors (Lipinski definition) is 4. The fourth-order valence-electron chi connectivity index (χ4n) is 2.16. The maximum Gasteiger partial charge on any atom is 0.234 e. The van der Waals surface area contributed by atoms with Crippen molar-refractivity contribution in [3.8, 4) is 0 Å². The first kappa shape index (κ1) is 15.4. The molecule has 0 bridgehead atoms. The number of nitrogens with one attached hydrogen (secondary N) is 1. The fraction of sp³-hybridized carbons (Fsp3) is 0.923. The molecule has 0 saturated carbocycles. The topological polar surface area (TPSA) is 72.8 Å². The predicted octanol–water partition coefficient (Wildman–Crippen LogP) is -0.0353. The molecule has 1 aliphatic rings. The Balaban J connectivity index is 2.21. The quantitative estimate of drug-likeness (QED) is 0.625. The number of aliphatic hydroxyl groups excluding tert-OH is 2. The van der Waals surface area contributed by atoms with Gasteiger partial charge in [0.05, 0.1) is 18.8 Å². The van der Waals surface area contributed by atoms with Gasteiger partial charge in [0.25, 0.3) is 0 Å². The van der Waals surface area contributed by atoms with Gasteiger partial charge in [-0.3, -0.25) is 9.69 Å². The molecule has 0 aromatic carbocycles. The second-order valence-corrected chi connectivity index (χ2v) is 5.77. The minimum Gasteiger partial charge on any atom is -0.389 e. The molecule has 1 aliphatic heterocycles. The predicted molar refractivity (Wildman–Crippen MR) is 70.1 cm³/mol. The Labute approximate surface area is 109 Å². The van der Waals surface area contributed by atoms with E-state index in [2.05, 4.69) is 19.2 Å². The molecule has 1 fully saturated rings. The van der Waals surface area contributed by atoms with Crippen molar-refractivity contribution in [2.24, 2.45) is 5.92 Å². The summed E-state index contributed by atoms with van der Waals surface area (Å²) in [6.07, 6.45) is 0.629. The molecule has 3 atom stereocenters. The normalized spacial score (nSPS) is 26.6. The first-order valence-corrected chi connectivity index (χ1v) is 6.76. The lowest BCUT2D eigenvalue weighted by molar-refractivity contribution is -0.122. The number of carbonyl (C=O) groups is 1. The lowest BCUT2D eigenvalue weighted by Crippen LogP contribution is -2.40. The number of amides is 1. The van der Waals surface area contributed by atoms with Crippen LogP contribution in [0.2, 0.25) is 0 Å². The largest absolute Gasteiger partial charge is 0.389 e. The highest BCUT2D eigenvalue weighted by Crippen LogP contribution is 2.09. The van der Waals surface area contributed by atoms with Crippen molar-refractivity contribution in [2.45, 2.75) is 51.9 Å². The van der Waals surface area contributed by atoms with Crippen molar-refractivity contribution >= 4 is 5.91 Å². The lowest BCUT2D eigenvalue weighted by atomic mass is 10.0. The van der Waals surface area contributed by atoms with E-state index >= 15 is 0 Å². The average molecular weight is 258 g/mol. The zero-order valence-corrected chi connectivity index (χ0v) is 11.6. The summed E-state index contributed by atoms with van der Waals surface area (Å²) >= 11 is 0. The number of β-amino-alcohol motifs (C(OH)–C–C–N with tert-alkyl or cyclic N) is 2. The van der Waals surface area contributed by atoms with E-state index < -0.39 is 12.2 Å². The van der Waals surface area contributed by atoms with Gasteiger partial charge in [-0.25, -0.2) is 0 Å². The molecule has 18 heavy (non-hydrogen) atoms. The summed E-state index contributed by atoms with van der Waals surface area (Å²) in [6, 6.07) is 0.178. The Morgan fingerprint density at radius 1 is 1.22 bits per heavy atom. The molecule has 3 unspecified atom stereocenters. The van der Waals surface area contributed by atoms with Gasteiger partial charge < -0.3 is 15.5 Å². The molecule has 1 saturated heterocycles. The Kier molecular flexibility index (Phi) is 6.05. The maximum absolute atomic E-state index is 11.8. The summed E-state index contributed by atoms with van der Waals surface area (Å²) in [7, 11) is 0. The van der Waals surface area contributed by atoms with Crippen LogP contribution in [-0.2, 0) is 4.79 Å². The van der Waals surface area contributed by atoms with Crippen molar-refractivity contribution in [1.29, 1.82) is 0 Å². The molecule has 1 rings (SSSR count). The second-order valence-electron chi connectivity index (χ2n) is 5.77. The van der Waals surface area contributed by atoms with E-state index in [0.29, 0.717) is 19.0 Å². The van der Waals surface area contributed by atoms with Gasteiger partial charge in [0.15, 0.2) is 0 Å². The highest BCUT2D eigenvalue weighted by molar-refractivity contribution is 5.78. The smallest absolute Gasteiger partial charge is 0.234 e. The highest BCUT2D eigenvalue weighted by atomic mass is 16.3. The number of hydrogen-bond donors (Lipinski definition) is 3. The van der Waals surface area contributed by atoms with Crippen LogP contribution < -0.4 is 5.32 Å². The average Bonchev–Trinajstić information content (AvgIpc) is 2.54. The standard InChI is InChI=1S/C13H26N2O3/c1-9(2)4-5-10(3)14-13(18)8-15-6-11(16)12(17)7-15/h9-12,16-17H,4-8H2,1-3H3,(H,14,18). The van der Waals surface area contributed by atoms with Crippen LogP contribution in [0.25, 0.3) is 0 Å². The number of likely N-dealkylation sites (tertiary alicyclic amines) is 1. The molecule has 0 radical (unpaired) electrons. The molecule has 1 amide bonds. The van der Waals surface area contributed by atoms with Crippen LogP contribution in [0.15, 0.2) is 0 Å². The van der Waals surface area contributed by atoms with Crippen molar-refractivity contribution < 1.29 is 15.0 Å². The van der Waals surface area contributed by atoms with Crippen LogP contribution in [-0.4, -0.2) is 58.9 Å². The van der Waals surface area contributed by atoms with Gasteiger partial charge in [-0.05, 0) is 25.7 Å². The zero-order chi connectivity index (χ0) is 13.7. The third kappa shape index (κ3) is 5.33. The monoisotopic (exact) mass is 258 g/mol. The first-order chi connectivity index (χ1) is 8.38. The molecule has 0 aromatic rings. The van der Waals surface area contributed by atoms with Crippen molar-refractivity contribution in [2.75, 3.05) is 19.6 Å². The van der Waals surface area contributed by atoms with E-state index in [1.807, 2.05) is 6.92 Å². The fourth-order valence-corrected chi connectivity index (χ4v) is 2.16. The van der Waals surface area contributed by atoms with Crippen LogP contribution in [0.5, 0.6) is 0 Å². The van der Waals surface area contributed by atoms with E-state index in [1.54, 1.807) is 4.90 Å². The van der Waals surface area contributed by atoms with Crippen LogP contribution >= 0.6 is 0 Å². The van der Waals surface area contributed by atoms with Gasteiger partial charge in [0, 0.05) is 19.1 Å². The number of nitrogens with zero attached hydrogens (tertiary/aromatic N) is 1. The van der Waals surface area contributed by atoms with Gasteiger partial charge in [-0.15, -0.1) is 0 Å². The molecule has 1 heterocycles. The summed E-state index contributed by atoms with van der Waals surface area (Å²) < 4.78 is 0. The molecule has 5 heteroatoms. The van der Waals surface area contributed by atoms with Crippen LogP contribution in [0.4, 0.5) is 0 Å². The first-order valence-electron chi connectivity index (χ1n) is 6.76. The molecular weight excluding hydrogens is 232 g/mol. The highest BCUT2D eigenvalue weighted by Gasteiger charge is 2.30. The summed E-state index contributed by atoms with van der Waals surface area (Å²) in [5, 5.41) is 21.7. The summed E-state index contributed by atoms with van der Waals surface area (Å²) in [5.74, 6) is 0.612. The third-order valence-corrected chi connectivity index (χ3v) is 3.29. The summed E-state index contributed by atoms with van der Waals surface area (Å²) in [6.45, 7) is 7.33.